The summed E-state index contributed by atoms with van der Waals surface area (Å²) in [6.07, 6.45) is 7.23. The second-order valence-corrected chi connectivity index (χ2v) is 10.0. The van der Waals surface area contributed by atoms with Crippen molar-refractivity contribution in [2.45, 2.75) is 43.7 Å². The normalized spacial score (nSPS) is 29.9. The minimum absolute atomic E-state index is 0.0247. The number of nitro groups is 1. The van der Waals surface area contributed by atoms with Gasteiger partial charge in [0, 0.05) is 30.2 Å². The average molecular weight is 413 g/mol. The summed E-state index contributed by atoms with van der Waals surface area (Å²) in [6, 6.07) is 6.39. The summed E-state index contributed by atoms with van der Waals surface area (Å²) >= 11 is 1.44. The van der Waals surface area contributed by atoms with Gasteiger partial charge in [0.25, 0.3) is 5.69 Å². The van der Waals surface area contributed by atoms with Crippen molar-refractivity contribution in [3.8, 4) is 11.4 Å². The van der Waals surface area contributed by atoms with Gasteiger partial charge in [-0.25, -0.2) is 0 Å². The molecule has 2 aromatic rings. The van der Waals surface area contributed by atoms with E-state index in [1.165, 1.54) is 43.2 Å². The molecule has 0 amide bonds. The molecule has 4 aliphatic rings. The topological polar surface area (TPSA) is 90.9 Å². The number of benzene rings is 1. The zero-order valence-electron chi connectivity index (χ0n) is 16.4. The van der Waals surface area contributed by atoms with Crippen LogP contribution in [0, 0.1) is 33.3 Å². The Hall–Kier alpha value is -2.22. The number of thioether (sulfide) groups is 1. The number of rotatable bonds is 6. The molecule has 8 heteroatoms. The van der Waals surface area contributed by atoms with Crippen molar-refractivity contribution in [1.29, 1.82) is 0 Å². The van der Waals surface area contributed by atoms with E-state index in [0.717, 1.165) is 37.0 Å². The van der Waals surface area contributed by atoms with Crippen LogP contribution in [0.1, 0.15) is 38.5 Å². The number of nitrogens with zero attached hydrogens (tertiary/aromatic N) is 4. The second kappa shape index (κ2) is 6.93. The molecule has 1 heterocycles. The van der Waals surface area contributed by atoms with Crippen molar-refractivity contribution in [2.24, 2.45) is 30.2 Å². The Labute approximate surface area is 173 Å². The first kappa shape index (κ1) is 18.8. The van der Waals surface area contributed by atoms with E-state index < -0.39 is 4.92 Å². The molecule has 7 nitrogen and oxygen atoms in total. The molecule has 6 rings (SSSR count). The minimum Gasteiger partial charge on any atom is -0.305 e. The lowest BCUT2D eigenvalue weighted by Crippen LogP contribution is -2.50. The number of hydrogen-bond donors (Lipinski definition) is 0. The van der Waals surface area contributed by atoms with E-state index in [-0.39, 0.29) is 11.1 Å². The summed E-state index contributed by atoms with van der Waals surface area (Å²) in [6.45, 7) is 0. The number of ketones is 1. The van der Waals surface area contributed by atoms with Gasteiger partial charge in [0.15, 0.2) is 11.0 Å². The minimum atomic E-state index is -0.417. The lowest BCUT2D eigenvalue weighted by atomic mass is 9.48. The van der Waals surface area contributed by atoms with Crippen LogP contribution < -0.4 is 0 Å². The maximum atomic E-state index is 13.2. The Morgan fingerprint density at radius 3 is 2.48 bits per heavy atom. The van der Waals surface area contributed by atoms with Gasteiger partial charge in [-0.15, -0.1) is 10.2 Å². The molecule has 29 heavy (non-hydrogen) atoms. The van der Waals surface area contributed by atoms with Gasteiger partial charge in [0.2, 0.25) is 0 Å². The third kappa shape index (κ3) is 3.27. The molecule has 0 atom stereocenters. The molecule has 0 unspecified atom stereocenters. The van der Waals surface area contributed by atoms with Crippen LogP contribution in [0.15, 0.2) is 29.4 Å². The summed E-state index contributed by atoms with van der Waals surface area (Å²) in [5.41, 5.74) is 0.577. The highest BCUT2D eigenvalue weighted by Crippen LogP contribution is 2.60. The first-order valence-electron chi connectivity index (χ1n) is 10.2. The lowest BCUT2D eigenvalue weighted by Gasteiger charge is -2.56. The fourth-order valence-electron chi connectivity index (χ4n) is 6.19. The van der Waals surface area contributed by atoms with Crippen molar-refractivity contribution >= 4 is 23.2 Å². The Morgan fingerprint density at radius 2 is 1.86 bits per heavy atom. The molecule has 4 aliphatic carbocycles. The van der Waals surface area contributed by atoms with Crippen LogP contribution in [-0.2, 0) is 11.8 Å². The number of hydrogen-bond acceptors (Lipinski definition) is 6. The smallest absolute Gasteiger partial charge is 0.270 e. The average Bonchev–Trinajstić information content (AvgIpc) is 3.05. The molecule has 4 saturated carbocycles. The SMILES string of the molecule is Cn1c(SCC(=O)C23CC4CC(CC(C4)C2)C3)nnc1-c1cccc([N+](=O)[O-])c1. The predicted molar refractivity (Wildman–Crippen MR) is 109 cm³/mol. The molecule has 0 saturated heterocycles. The van der Waals surface area contributed by atoms with Crippen molar-refractivity contribution in [2.75, 3.05) is 5.75 Å². The molecule has 0 spiro atoms. The highest BCUT2D eigenvalue weighted by Gasteiger charge is 2.54. The standard InChI is InChI=1S/C21H24N4O3S/c1-24-19(16-3-2-4-17(8-16)25(27)28)22-23-20(24)29-12-18(26)21-9-13-5-14(10-21)7-15(6-13)11-21/h2-4,8,13-15H,5-7,9-12H2,1H3. The quantitative estimate of drug-likeness (QED) is 0.400. The van der Waals surface area contributed by atoms with E-state index in [1.54, 1.807) is 12.1 Å². The van der Waals surface area contributed by atoms with Crippen LogP contribution in [0.2, 0.25) is 0 Å². The van der Waals surface area contributed by atoms with Crippen LogP contribution in [0.5, 0.6) is 0 Å². The van der Waals surface area contributed by atoms with E-state index in [4.69, 9.17) is 0 Å². The fourth-order valence-corrected chi connectivity index (χ4v) is 7.13. The number of non-ortho nitro benzene ring substituents is 1. The van der Waals surface area contributed by atoms with Gasteiger partial charge in [-0.05, 0) is 56.3 Å². The Morgan fingerprint density at radius 1 is 1.21 bits per heavy atom. The number of carbonyl (C=O) groups excluding carboxylic acids is 1. The monoisotopic (exact) mass is 412 g/mol. The van der Waals surface area contributed by atoms with Gasteiger partial charge in [0.05, 0.1) is 10.7 Å². The molecule has 1 aromatic heterocycles. The van der Waals surface area contributed by atoms with E-state index >= 15 is 0 Å². The van der Waals surface area contributed by atoms with Gasteiger partial charge in [-0.2, -0.15) is 0 Å². The highest BCUT2D eigenvalue weighted by atomic mass is 32.2. The highest BCUT2D eigenvalue weighted by molar-refractivity contribution is 7.99. The van der Waals surface area contributed by atoms with E-state index in [1.807, 2.05) is 11.6 Å². The summed E-state index contributed by atoms with van der Waals surface area (Å²) in [5, 5.41) is 20.2. The Bertz CT molecular complexity index is 951. The van der Waals surface area contributed by atoms with Gasteiger partial charge in [0.1, 0.15) is 5.78 Å². The second-order valence-electron chi connectivity index (χ2n) is 9.08. The maximum absolute atomic E-state index is 13.2. The van der Waals surface area contributed by atoms with E-state index in [9.17, 15) is 14.9 Å². The van der Waals surface area contributed by atoms with Crippen molar-refractivity contribution in [3.05, 3.63) is 34.4 Å². The Kier molecular flexibility index (Phi) is 4.49. The van der Waals surface area contributed by atoms with Crippen molar-refractivity contribution in [3.63, 3.8) is 0 Å². The third-order valence-electron chi connectivity index (χ3n) is 7.11. The lowest BCUT2D eigenvalue weighted by molar-refractivity contribution is -0.384. The molecular weight excluding hydrogens is 388 g/mol. The summed E-state index contributed by atoms with van der Waals surface area (Å²) in [4.78, 5) is 23.8. The Balaban J connectivity index is 1.30. The zero-order chi connectivity index (χ0) is 20.2. The van der Waals surface area contributed by atoms with Crippen LogP contribution in [0.25, 0.3) is 11.4 Å². The molecule has 1 aromatic carbocycles. The first-order chi connectivity index (χ1) is 13.9. The fraction of sp³-hybridized carbons (Fsp3) is 0.571. The first-order valence-corrected chi connectivity index (χ1v) is 11.2. The molecular formula is C21H24N4O3S. The number of Topliss-reactive ketones (excluding diaryl/α,β-unsaturated/α-hetero) is 1. The van der Waals surface area contributed by atoms with Crippen molar-refractivity contribution < 1.29 is 9.72 Å². The van der Waals surface area contributed by atoms with Crippen LogP contribution in [0.3, 0.4) is 0 Å². The maximum Gasteiger partial charge on any atom is 0.270 e. The molecule has 0 radical (unpaired) electrons. The van der Waals surface area contributed by atoms with Crippen LogP contribution in [-0.4, -0.2) is 31.2 Å². The largest absolute Gasteiger partial charge is 0.305 e. The van der Waals surface area contributed by atoms with Gasteiger partial charge in [-0.1, -0.05) is 23.9 Å². The molecule has 4 fully saturated rings. The summed E-state index contributed by atoms with van der Waals surface area (Å²) in [7, 11) is 1.84. The van der Waals surface area contributed by atoms with Crippen molar-refractivity contribution in [1.82, 2.24) is 14.8 Å². The van der Waals surface area contributed by atoms with E-state index in [2.05, 4.69) is 10.2 Å². The zero-order valence-corrected chi connectivity index (χ0v) is 17.2. The molecule has 152 valence electrons. The van der Waals surface area contributed by atoms with Gasteiger partial charge < -0.3 is 4.57 Å². The van der Waals surface area contributed by atoms with Crippen LogP contribution in [0.4, 0.5) is 5.69 Å². The molecule has 4 bridgehead atoms. The van der Waals surface area contributed by atoms with Gasteiger partial charge in [-0.3, -0.25) is 14.9 Å². The van der Waals surface area contributed by atoms with Gasteiger partial charge >= 0.3 is 0 Å². The molecule has 0 N–H and O–H groups in total. The number of nitro benzene ring substituents is 1. The summed E-state index contributed by atoms with van der Waals surface area (Å²) in [5.74, 6) is 3.63. The molecule has 0 aliphatic heterocycles. The number of aromatic nitrogens is 3. The van der Waals surface area contributed by atoms with Crippen LogP contribution >= 0.6 is 11.8 Å². The number of carbonyl (C=O) groups is 1. The summed E-state index contributed by atoms with van der Waals surface area (Å²) < 4.78 is 1.82. The third-order valence-corrected chi connectivity index (χ3v) is 8.13. The predicted octanol–water partition coefficient (Wildman–Crippen LogP) is 4.27. The van der Waals surface area contributed by atoms with E-state index in [0.29, 0.717) is 28.1 Å².